The van der Waals surface area contributed by atoms with Crippen molar-refractivity contribution in [1.29, 1.82) is 0 Å². The highest BCUT2D eigenvalue weighted by Gasteiger charge is 2.36. The van der Waals surface area contributed by atoms with Crippen molar-refractivity contribution in [2.45, 2.75) is 12.5 Å². The Labute approximate surface area is 107 Å². The minimum absolute atomic E-state index is 0.0698. The van der Waals surface area contributed by atoms with Gasteiger partial charge in [0.2, 0.25) is 5.91 Å². The lowest BCUT2D eigenvalue weighted by molar-refractivity contribution is -0.137. The number of hydrogen-bond acceptors (Lipinski definition) is 4. The molecule has 1 aliphatic heterocycles. The number of amides is 4. The Morgan fingerprint density at radius 3 is 2.74 bits per heavy atom. The van der Waals surface area contributed by atoms with Gasteiger partial charge in [-0.15, -0.1) is 0 Å². The number of urea groups is 1. The molecule has 1 saturated heterocycles. The Morgan fingerprint density at radius 1 is 1.47 bits per heavy atom. The molecule has 1 atom stereocenters. The SMILES string of the molecule is CN1C(=O)CC(NC(=O)Nc2ccc(F)cn2)C1=O. The van der Waals surface area contributed by atoms with Gasteiger partial charge in [0.15, 0.2) is 0 Å². The van der Waals surface area contributed by atoms with Gasteiger partial charge in [0, 0.05) is 7.05 Å². The van der Waals surface area contributed by atoms with Crippen LogP contribution >= 0.6 is 0 Å². The molecule has 1 aromatic rings. The molecule has 2 heterocycles. The largest absolute Gasteiger partial charge is 0.325 e. The van der Waals surface area contributed by atoms with Crippen LogP contribution in [0.3, 0.4) is 0 Å². The van der Waals surface area contributed by atoms with Crippen LogP contribution in [-0.2, 0) is 9.59 Å². The van der Waals surface area contributed by atoms with E-state index in [0.29, 0.717) is 0 Å². The molecular formula is C11H11FN4O3. The van der Waals surface area contributed by atoms with Gasteiger partial charge in [0.25, 0.3) is 5.91 Å². The highest BCUT2D eigenvalue weighted by atomic mass is 19.1. The molecule has 1 aliphatic rings. The van der Waals surface area contributed by atoms with Gasteiger partial charge in [-0.25, -0.2) is 14.2 Å². The molecule has 2 N–H and O–H groups in total. The normalized spacial score (nSPS) is 18.6. The van der Waals surface area contributed by atoms with Gasteiger partial charge in [0.1, 0.15) is 17.7 Å². The number of carbonyl (C=O) groups excluding carboxylic acids is 3. The van der Waals surface area contributed by atoms with Crippen LogP contribution in [0.4, 0.5) is 15.0 Å². The summed E-state index contributed by atoms with van der Waals surface area (Å²) in [4.78, 5) is 39.0. The molecule has 4 amide bonds. The molecule has 19 heavy (non-hydrogen) atoms. The maximum absolute atomic E-state index is 12.6. The van der Waals surface area contributed by atoms with Crippen LogP contribution in [0.2, 0.25) is 0 Å². The molecule has 1 unspecified atom stereocenters. The van der Waals surface area contributed by atoms with Crippen LogP contribution in [0.1, 0.15) is 6.42 Å². The lowest BCUT2D eigenvalue weighted by Gasteiger charge is -2.11. The molecule has 0 radical (unpaired) electrons. The van der Waals surface area contributed by atoms with Crippen molar-refractivity contribution in [1.82, 2.24) is 15.2 Å². The summed E-state index contributed by atoms with van der Waals surface area (Å²) in [6, 6.07) is 0.863. The van der Waals surface area contributed by atoms with Gasteiger partial charge in [-0.3, -0.25) is 19.8 Å². The molecule has 0 bridgehead atoms. The quantitative estimate of drug-likeness (QED) is 0.743. The third kappa shape index (κ3) is 2.84. The number of nitrogens with one attached hydrogen (secondary N) is 2. The Bertz CT molecular complexity index is 531. The molecular weight excluding hydrogens is 255 g/mol. The molecule has 0 saturated carbocycles. The van der Waals surface area contributed by atoms with Crippen LogP contribution in [0, 0.1) is 5.82 Å². The number of anilines is 1. The predicted molar refractivity (Wildman–Crippen MR) is 62.5 cm³/mol. The lowest BCUT2D eigenvalue weighted by atomic mass is 10.2. The number of carbonyl (C=O) groups is 3. The third-order valence-corrected chi connectivity index (χ3v) is 2.66. The van der Waals surface area contributed by atoms with Crippen molar-refractivity contribution in [2.75, 3.05) is 12.4 Å². The fraction of sp³-hybridized carbons (Fsp3) is 0.273. The van der Waals surface area contributed by atoms with E-state index in [1.54, 1.807) is 0 Å². The lowest BCUT2D eigenvalue weighted by Crippen LogP contribution is -2.42. The summed E-state index contributed by atoms with van der Waals surface area (Å²) in [7, 11) is 1.35. The second kappa shape index (κ2) is 5.01. The van der Waals surface area contributed by atoms with E-state index < -0.39 is 23.8 Å². The summed E-state index contributed by atoms with van der Waals surface area (Å²) in [5.41, 5.74) is 0. The number of aromatic nitrogens is 1. The number of likely N-dealkylation sites (N-methyl/N-ethyl adjacent to an activating group) is 1. The van der Waals surface area contributed by atoms with Crippen LogP contribution < -0.4 is 10.6 Å². The van der Waals surface area contributed by atoms with Crippen molar-refractivity contribution in [2.24, 2.45) is 0 Å². The maximum atomic E-state index is 12.6. The standard InChI is InChI=1S/C11H11FN4O3/c1-16-9(17)4-7(10(16)18)14-11(19)15-8-3-2-6(12)5-13-8/h2-3,5,7H,4H2,1H3,(H2,13,14,15,19). The smallest absolute Gasteiger partial charge is 0.321 e. The van der Waals surface area contributed by atoms with E-state index in [1.165, 1.54) is 13.1 Å². The molecule has 100 valence electrons. The summed E-state index contributed by atoms with van der Waals surface area (Å²) >= 11 is 0. The van der Waals surface area contributed by atoms with Crippen molar-refractivity contribution in [3.05, 3.63) is 24.1 Å². The molecule has 1 fully saturated rings. The van der Waals surface area contributed by atoms with E-state index in [9.17, 15) is 18.8 Å². The zero-order valence-electron chi connectivity index (χ0n) is 10.0. The first-order valence-corrected chi connectivity index (χ1v) is 5.47. The van der Waals surface area contributed by atoms with Crippen LogP contribution in [0.15, 0.2) is 18.3 Å². The summed E-state index contributed by atoms with van der Waals surface area (Å²) in [5.74, 6) is -1.20. The predicted octanol–water partition coefficient (Wildman–Crippen LogP) is 0.0995. The summed E-state index contributed by atoms with van der Waals surface area (Å²) in [6.45, 7) is 0. The summed E-state index contributed by atoms with van der Waals surface area (Å²) < 4.78 is 12.6. The number of hydrogen-bond donors (Lipinski definition) is 2. The molecule has 8 heteroatoms. The highest BCUT2D eigenvalue weighted by molar-refractivity contribution is 6.07. The Balaban J connectivity index is 1.93. The van der Waals surface area contributed by atoms with Crippen molar-refractivity contribution in [3.8, 4) is 0 Å². The van der Waals surface area contributed by atoms with E-state index in [4.69, 9.17) is 0 Å². The number of halogens is 1. The molecule has 1 aromatic heterocycles. The first kappa shape index (κ1) is 12.9. The Kier molecular flexibility index (Phi) is 3.41. The first-order chi connectivity index (χ1) is 8.97. The minimum Gasteiger partial charge on any atom is -0.325 e. The highest BCUT2D eigenvalue weighted by Crippen LogP contribution is 2.11. The monoisotopic (exact) mass is 266 g/mol. The number of likely N-dealkylation sites (tertiary alicyclic amines) is 1. The van der Waals surface area contributed by atoms with Crippen LogP contribution in [0.5, 0.6) is 0 Å². The zero-order chi connectivity index (χ0) is 14.0. The van der Waals surface area contributed by atoms with Crippen molar-refractivity contribution >= 4 is 23.7 Å². The Hall–Kier alpha value is -2.51. The molecule has 7 nitrogen and oxygen atoms in total. The molecule has 0 spiro atoms. The fourth-order valence-corrected chi connectivity index (χ4v) is 1.63. The summed E-state index contributed by atoms with van der Waals surface area (Å²) in [6.07, 6.45) is 0.882. The number of rotatable bonds is 2. The van der Waals surface area contributed by atoms with Crippen LogP contribution in [-0.4, -0.2) is 40.8 Å². The van der Waals surface area contributed by atoms with Gasteiger partial charge in [0.05, 0.1) is 12.6 Å². The van der Waals surface area contributed by atoms with Gasteiger partial charge in [-0.2, -0.15) is 0 Å². The average Bonchev–Trinajstić information content (AvgIpc) is 2.60. The van der Waals surface area contributed by atoms with E-state index in [0.717, 1.165) is 17.2 Å². The second-order valence-electron chi connectivity index (χ2n) is 4.01. The average molecular weight is 266 g/mol. The fourth-order valence-electron chi connectivity index (χ4n) is 1.63. The number of imide groups is 1. The van der Waals surface area contributed by atoms with Crippen molar-refractivity contribution < 1.29 is 18.8 Å². The zero-order valence-corrected chi connectivity index (χ0v) is 10.0. The summed E-state index contributed by atoms with van der Waals surface area (Å²) in [5, 5.41) is 4.69. The molecule has 0 aliphatic carbocycles. The number of nitrogens with zero attached hydrogens (tertiary/aromatic N) is 2. The maximum Gasteiger partial charge on any atom is 0.321 e. The van der Waals surface area contributed by atoms with Gasteiger partial charge < -0.3 is 5.32 Å². The van der Waals surface area contributed by atoms with E-state index in [-0.39, 0.29) is 18.1 Å². The number of pyridine rings is 1. The van der Waals surface area contributed by atoms with E-state index in [1.807, 2.05) is 0 Å². The second-order valence-corrected chi connectivity index (χ2v) is 4.01. The molecule has 2 rings (SSSR count). The van der Waals surface area contributed by atoms with Gasteiger partial charge in [-0.1, -0.05) is 0 Å². The Morgan fingerprint density at radius 2 is 2.21 bits per heavy atom. The third-order valence-electron chi connectivity index (χ3n) is 2.66. The van der Waals surface area contributed by atoms with E-state index >= 15 is 0 Å². The van der Waals surface area contributed by atoms with Crippen molar-refractivity contribution in [3.63, 3.8) is 0 Å². The van der Waals surface area contributed by atoms with Gasteiger partial charge >= 0.3 is 6.03 Å². The first-order valence-electron chi connectivity index (χ1n) is 5.47. The van der Waals surface area contributed by atoms with Crippen LogP contribution in [0.25, 0.3) is 0 Å². The minimum atomic E-state index is -0.877. The van der Waals surface area contributed by atoms with E-state index in [2.05, 4.69) is 15.6 Å². The van der Waals surface area contributed by atoms with Gasteiger partial charge in [-0.05, 0) is 12.1 Å². The molecule has 0 aromatic carbocycles. The topological polar surface area (TPSA) is 91.4 Å².